The van der Waals surface area contributed by atoms with E-state index in [1.54, 1.807) is 6.92 Å². The van der Waals surface area contributed by atoms with Crippen LogP contribution >= 0.6 is 0 Å². The zero-order valence-electron chi connectivity index (χ0n) is 14.7. The van der Waals surface area contributed by atoms with Crippen molar-refractivity contribution in [3.8, 4) is 0 Å². The number of methoxy groups -OCH3 is 3. The minimum atomic E-state index is -1.82. The Morgan fingerprint density at radius 1 is 1.12 bits per heavy atom. The molecular formula is C15H30O9. The molecular weight excluding hydrogens is 324 g/mol. The van der Waals surface area contributed by atoms with E-state index in [1.807, 2.05) is 0 Å². The van der Waals surface area contributed by atoms with Crippen LogP contribution in [0, 0.1) is 0 Å². The van der Waals surface area contributed by atoms with E-state index >= 15 is 0 Å². The highest BCUT2D eigenvalue weighted by Crippen LogP contribution is 2.37. The first kappa shape index (κ1) is 21.7. The summed E-state index contributed by atoms with van der Waals surface area (Å²) in [5, 5.41) is 50.7. The van der Waals surface area contributed by atoms with Crippen LogP contribution in [0.2, 0.25) is 0 Å². The third-order valence-corrected chi connectivity index (χ3v) is 4.66. The highest BCUT2D eigenvalue weighted by atomic mass is 16.7. The molecule has 9 unspecified atom stereocenters. The molecule has 1 rings (SSSR count). The average Bonchev–Trinajstić information content (AvgIpc) is 2.55. The van der Waals surface area contributed by atoms with Gasteiger partial charge in [0.05, 0.1) is 24.4 Å². The second-order valence-electron chi connectivity index (χ2n) is 6.18. The molecule has 0 bridgehead atoms. The molecule has 24 heavy (non-hydrogen) atoms. The minimum Gasteiger partial charge on any atom is -0.391 e. The molecule has 5 N–H and O–H groups in total. The number of rotatable bonds is 8. The first-order valence-corrected chi connectivity index (χ1v) is 7.83. The van der Waals surface area contributed by atoms with Crippen LogP contribution < -0.4 is 0 Å². The molecule has 1 aliphatic heterocycles. The van der Waals surface area contributed by atoms with E-state index in [9.17, 15) is 25.5 Å². The van der Waals surface area contributed by atoms with E-state index in [2.05, 4.69) is 0 Å². The van der Waals surface area contributed by atoms with Crippen LogP contribution in [0.5, 0.6) is 0 Å². The Hall–Kier alpha value is -0.360. The van der Waals surface area contributed by atoms with Gasteiger partial charge in [0.2, 0.25) is 0 Å². The van der Waals surface area contributed by atoms with E-state index in [4.69, 9.17) is 18.9 Å². The summed E-state index contributed by atoms with van der Waals surface area (Å²) in [6, 6.07) is 0. The van der Waals surface area contributed by atoms with Gasteiger partial charge in [0.25, 0.3) is 0 Å². The van der Waals surface area contributed by atoms with Gasteiger partial charge in [-0.3, -0.25) is 0 Å². The zero-order valence-corrected chi connectivity index (χ0v) is 14.7. The van der Waals surface area contributed by atoms with Gasteiger partial charge in [0, 0.05) is 27.8 Å². The third-order valence-electron chi connectivity index (χ3n) is 4.66. The predicted octanol–water partition coefficient (Wildman–Crippen LogP) is -2.01. The van der Waals surface area contributed by atoms with E-state index in [-0.39, 0.29) is 6.42 Å². The molecule has 0 amide bonds. The quantitative estimate of drug-likeness (QED) is 0.335. The molecule has 0 spiro atoms. The van der Waals surface area contributed by atoms with Gasteiger partial charge < -0.3 is 44.5 Å². The summed E-state index contributed by atoms with van der Waals surface area (Å²) in [5.41, 5.74) is -1.82. The van der Waals surface area contributed by atoms with Crippen LogP contribution in [0.25, 0.3) is 0 Å². The topological polar surface area (TPSA) is 138 Å². The number of aliphatic hydroxyl groups excluding tert-OH is 4. The van der Waals surface area contributed by atoms with Crippen LogP contribution in [0.15, 0.2) is 0 Å². The molecule has 0 aromatic heterocycles. The second kappa shape index (κ2) is 8.84. The van der Waals surface area contributed by atoms with E-state index in [0.29, 0.717) is 0 Å². The van der Waals surface area contributed by atoms with Crippen molar-refractivity contribution in [1.29, 1.82) is 0 Å². The standard InChI is InChI=1S/C15H30O9/c1-7(16)11(18)9(17)6-10(21-3)15(20)8(2)24-14(23-5)12(19)13(15)22-4/h7-14,16-20H,6H2,1-5H3. The lowest BCUT2D eigenvalue weighted by molar-refractivity contribution is -0.342. The van der Waals surface area contributed by atoms with Crippen molar-refractivity contribution >= 4 is 0 Å². The third kappa shape index (κ3) is 4.06. The van der Waals surface area contributed by atoms with Gasteiger partial charge in [-0.1, -0.05) is 0 Å². The van der Waals surface area contributed by atoms with Gasteiger partial charge in [0.1, 0.15) is 23.9 Å². The Bertz CT molecular complexity index is 380. The van der Waals surface area contributed by atoms with Crippen LogP contribution in [-0.4, -0.2) is 101 Å². The maximum absolute atomic E-state index is 11.2. The molecule has 9 heteroatoms. The lowest BCUT2D eigenvalue weighted by atomic mass is 9.77. The van der Waals surface area contributed by atoms with Crippen molar-refractivity contribution < 1.29 is 44.5 Å². The molecule has 1 fully saturated rings. The van der Waals surface area contributed by atoms with E-state index < -0.39 is 54.6 Å². The lowest BCUT2D eigenvalue weighted by Crippen LogP contribution is -2.71. The predicted molar refractivity (Wildman–Crippen MR) is 82.2 cm³/mol. The van der Waals surface area contributed by atoms with Gasteiger partial charge in [-0.25, -0.2) is 0 Å². The fourth-order valence-corrected chi connectivity index (χ4v) is 3.16. The lowest BCUT2D eigenvalue weighted by Gasteiger charge is -2.51. The summed E-state index contributed by atoms with van der Waals surface area (Å²) in [5.74, 6) is 0. The highest BCUT2D eigenvalue weighted by Gasteiger charge is 2.59. The smallest absolute Gasteiger partial charge is 0.186 e. The number of ether oxygens (including phenoxy) is 4. The summed E-state index contributed by atoms with van der Waals surface area (Å²) in [7, 11) is 3.99. The molecule has 1 heterocycles. The summed E-state index contributed by atoms with van der Waals surface area (Å²) < 4.78 is 21.1. The first-order valence-electron chi connectivity index (χ1n) is 7.83. The van der Waals surface area contributed by atoms with Crippen molar-refractivity contribution in [2.75, 3.05) is 21.3 Å². The molecule has 1 aliphatic rings. The molecule has 9 atom stereocenters. The zero-order chi connectivity index (χ0) is 18.7. The second-order valence-corrected chi connectivity index (χ2v) is 6.18. The SMILES string of the molecule is COC1OC(C)C(O)(C(CC(O)C(O)C(C)O)OC)C(OC)C1O. The maximum Gasteiger partial charge on any atom is 0.186 e. The van der Waals surface area contributed by atoms with Gasteiger partial charge in [0.15, 0.2) is 6.29 Å². The minimum absolute atomic E-state index is 0.211. The fourth-order valence-electron chi connectivity index (χ4n) is 3.16. The van der Waals surface area contributed by atoms with Crippen molar-refractivity contribution in [3.05, 3.63) is 0 Å². The average molecular weight is 354 g/mol. The first-order chi connectivity index (χ1) is 11.1. The van der Waals surface area contributed by atoms with Crippen LogP contribution in [0.4, 0.5) is 0 Å². The van der Waals surface area contributed by atoms with Crippen molar-refractivity contribution in [1.82, 2.24) is 0 Å². The Kier molecular flexibility index (Phi) is 7.98. The van der Waals surface area contributed by atoms with Gasteiger partial charge >= 0.3 is 0 Å². The molecule has 0 radical (unpaired) electrons. The molecule has 0 aromatic carbocycles. The van der Waals surface area contributed by atoms with Gasteiger partial charge in [-0.15, -0.1) is 0 Å². The Balaban J connectivity index is 3.06. The van der Waals surface area contributed by atoms with Crippen LogP contribution in [0.3, 0.4) is 0 Å². The summed E-state index contributed by atoms with van der Waals surface area (Å²) in [6.07, 6.45) is -9.46. The van der Waals surface area contributed by atoms with Crippen LogP contribution in [0.1, 0.15) is 20.3 Å². The molecule has 0 aliphatic carbocycles. The van der Waals surface area contributed by atoms with E-state index in [0.717, 1.165) is 0 Å². The van der Waals surface area contributed by atoms with Crippen molar-refractivity contribution in [2.45, 2.75) is 74.9 Å². The van der Waals surface area contributed by atoms with E-state index in [1.165, 1.54) is 28.3 Å². The number of hydrogen-bond donors (Lipinski definition) is 5. The largest absolute Gasteiger partial charge is 0.391 e. The Labute approximate surface area is 141 Å². The highest BCUT2D eigenvalue weighted by molar-refractivity contribution is 5.06. The maximum atomic E-state index is 11.2. The summed E-state index contributed by atoms with van der Waals surface area (Å²) >= 11 is 0. The summed E-state index contributed by atoms with van der Waals surface area (Å²) in [6.45, 7) is 2.90. The molecule has 0 saturated carbocycles. The van der Waals surface area contributed by atoms with Crippen molar-refractivity contribution in [2.24, 2.45) is 0 Å². The van der Waals surface area contributed by atoms with Crippen LogP contribution in [-0.2, 0) is 18.9 Å². The Morgan fingerprint density at radius 2 is 1.71 bits per heavy atom. The normalized spacial score (nSPS) is 39.2. The summed E-state index contributed by atoms with van der Waals surface area (Å²) in [4.78, 5) is 0. The fraction of sp³-hybridized carbons (Fsp3) is 1.00. The molecule has 9 nitrogen and oxygen atoms in total. The molecule has 144 valence electrons. The monoisotopic (exact) mass is 354 g/mol. The van der Waals surface area contributed by atoms with Gasteiger partial charge in [-0.05, 0) is 13.8 Å². The number of hydrogen-bond acceptors (Lipinski definition) is 9. The van der Waals surface area contributed by atoms with Gasteiger partial charge in [-0.2, -0.15) is 0 Å². The molecule has 0 aromatic rings. The molecule has 1 saturated heterocycles. The Morgan fingerprint density at radius 3 is 2.12 bits per heavy atom. The number of aliphatic hydroxyl groups is 5. The van der Waals surface area contributed by atoms with Crippen molar-refractivity contribution in [3.63, 3.8) is 0 Å².